The van der Waals surface area contributed by atoms with E-state index in [4.69, 9.17) is 23.4 Å². The normalized spacial score (nSPS) is 20.3. The van der Waals surface area contributed by atoms with Crippen LogP contribution in [0.2, 0.25) is 0 Å². The molecule has 176 valence electrons. The SMILES string of the molecule is CCCCC1(CCC(=O)OC)CCC[N+]2=C1c1[nH]c3ccccc3c1CC2.[O-][Cl+3]([O-])([O-])[O-]. The molecular formula is C23H31ClN2O6. The molecular weight excluding hydrogens is 436 g/mol. The Morgan fingerprint density at radius 1 is 1.19 bits per heavy atom. The predicted octanol–water partition coefficient (Wildman–Crippen LogP) is -0.307. The molecule has 0 saturated heterocycles. The second kappa shape index (κ2) is 10.3. The van der Waals surface area contributed by atoms with E-state index in [0.717, 1.165) is 32.4 Å². The summed E-state index contributed by atoms with van der Waals surface area (Å²) in [6, 6.07) is 8.67. The Hall–Kier alpha value is -1.97. The molecule has 0 aliphatic carbocycles. The average molecular weight is 467 g/mol. The summed E-state index contributed by atoms with van der Waals surface area (Å²) in [6.45, 7) is 4.49. The summed E-state index contributed by atoms with van der Waals surface area (Å²) in [4.78, 5) is 15.7. The minimum atomic E-state index is -4.94. The Morgan fingerprint density at radius 3 is 2.59 bits per heavy atom. The van der Waals surface area contributed by atoms with Crippen LogP contribution in [0.5, 0.6) is 0 Å². The van der Waals surface area contributed by atoms with Crippen LogP contribution in [0.25, 0.3) is 10.9 Å². The largest absolute Gasteiger partial charge is 0.469 e. The van der Waals surface area contributed by atoms with Crippen LogP contribution in [0.4, 0.5) is 0 Å². The number of halogens is 1. The number of unbranched alkanes of at least 4 members (excludes halogenated alkanes) is 1. The van der Waals surface area contributed by atoms with Crippen LogP contribution in [-0.2, 0) is 16.0 Å². The lowest BCUT2D eigenvalue weighted by atomic mass is 9.67. The van der Waals surface area contributed by atoms with Gasteiger partial charge in [0.1, 0.15) is 18.8 Å². The van der Waals surface area contributed by atoms with Crippen LogP contribution in [0.15, 0.2) is 24.3 Å². The second-order valence-electron chi connectivity index (χ2n) is 8.55. The number of methoxy groups -OCH3 is 1. The number of hydrogen-bond donors (Lipinski definition) is 1. The summed E-state index contributed by atoms with van der Waals surface area (Å²) < 4.78 is 41.6. The fraction of sp³-hybridized carbons (Fsp3) is 0.565. The third-order valence-electron chi connectivity index (χ3n) is 6.63. The van der Waals surface area contributed by atoms with Crippen LogP contribution < -0.4 is 18.6 Å². The molecule has 1 atom stereocenters. The number of hydrogen-bond acceptors (Lipinski definition) is 6. The third-order valence-corrected chi connectivity index (χ3v) is 6.63. The lowest BCUT2D eigenvalue weighted by Gasteiger charge is -2.38. The molecule has 0 bridgehead atoms. The van der Waals surface area contributed by atoms with E-state index in [0.29, 0.717) is 6.42 Å². The number of aromatic amines is 1. The van der Waals surface area contributed by atoms with Crippen LogP contribution in [0, 0.1) is 15.7 Å². The topological polar surface area (TPSA) is 137 Å². The van der Waals surface area contributed by atoms with E-state index >= 15 is 0 Å². The third kappa shape index (κ3) is 5.68. The maximum absolute atomic E-state index is 12.0. The molecule has 0 saturated carbocycles. The number of nitrogens with zero attached hydrogens (tertiary/aromatic N) is 1. The molecule has 1 unspecified atom stereocenters. The van der Waals surface area contributed by atoms with Crippen molar-refractivity contribution in [2.45, 2.75) is 58.3 Å². The standard InChI is InChI=1S/C23H30N2O2.ClHO4/c1-3-4-12-23(14-10-20(26)27-2)13-7-15-25-16-11-18-17-8-5-6-9-19(17)24-21(18)22(23)25;2-1(3,4)5/h5-6,8-9H,3-4,7,10-16H2,1-2H3;(H,2,3,4,5). The first-order chi connectivity index (χ1) is 15.2. The minimum absolute atomic E-state index is 0.0818. The predicted molar refractivity (Wildman–Crippen MR) is 109 cm³/mol. The first kappa shape index (κ1) is 24.7. The molecule has 0 spiro atoms. The number of esters is 1. The highest BCUT2D eigenvalue weighted by Gasteiger charge is 2.48. The number of benzene rings is 1. The molecule has 1 aromatic carbocycles. The fourth-order valence-corrected chi connectivity index (χ4v) is 5.30. The van der Waals surface area contributed by atoms with Crippen molar-refractivity contribution in [1.82, 2.24) is 4.98 Å². The van der Waals surface area contributed by atoms with Gasteiger partial charge in [-0.2, -0.15) is 0 Å². The first-order valence-electron chi connectivity index (χ1n) is 11.1. The molecule has 1 aromatic heterocycles. The average Bonchev–Trinajstić information content (AvgIpc) is 3.13. The first-order valence-corrected chi connectivity index (χ1v) is 12.3. The number of carbonyl (C=O) groups excluding carboxylic acids is 1. The van der Waals surface area contributed by atoms with Gasteiger partial charge < -0.3 is 9.72 Å². The number of para-hydroxylation sites is 1. The molecule has 2 aliphatic rings. The summed E-state index contributed by atoms with van der Waals surface area (Å²) in [5.41, 5.74) is 5.60. The molecule has 8 nitrogen and oxygen atoms in total. The van der Waals surface area contributed by atoms with Crippen LogP contribution in [-0.4, -0.2) is 41.4 Å². The van der Waals surface area contributed by atoms with E-state index < -0.39 is 10.2 Å². The Bertz CT molecular complexity index is 975. The summed E-state index contributed by atoms with van der Waals surface area (Å²) in [5, 5.41) is 1.36. The van der Waals surface area contributed by atoms with Crippen molar-refractivity contribution < 1.29 is 43.0 Å². The van der Waals surface area contributed by atoms with Crippen molar-refractivity contribution in [2.75, 3.05) is 20.2 Å². The Balaban J connectivity index is 0.000000523. The Labute approximate surface area is 190 Å². The smallest absolute Gasteiger partial charge is 0.305 e. The van der Waals surface area contributed by atoms with Crippen LogP contribution >= 0.6 is 0 Å². The molecule has 9 heteroatoms. The lowest BCUT2D eigenvalue weighted by Crippen LogP contribution is -2.68. The number of fused-ring (bicyclic) bond motifs is 4. The zero-order valence-corrected chi connectivity index (χ0v) is 19.4. The lowest BCUT2D eigenvalue weighted by molar-refractivity contribution is -2.00. The minimum Gasteiger partial charge on any atom is -0.469 e. The zero-order valence-electron chi connectivity index (χ0n) is 18.7. The van der Waals surface area contributed by atoms with Crippen molar-refractivity contribution in [3.63, 3.8) is 0 Å². The summed E-state index contributed by atoms with van der Waals surface area (Å²) in [5.74, 6) is -0.0868. The molecule has 32 heavy (non-hydrogen) atoms. The summed E-state index contributed by atoms with van der Waals surface area (Å²) >= 11 is 0. The van der Waals surface area contributed by atoms with Gasteiger partial charge in [0.15, 0.2) is 0 Å². The van der Waals surface area contributed by atoms with Crippen molar-refractivity contribution in [2.24, 2.45) is 5.41 Å². The van der Waals surface area contributed by atoms with Gasteiger partial charge >= 0.3 is 5.97 Å². The molecule has 0 amide bonds. The molecule has 0 radical (unpaired) electrons. The van der Waals surface area contributed by atoms with Crippen molar-refractivity contribution in [3.05, 3.63) is 35.5 Å². The van der Waals surface area contributed by atoms with Gasteiger partial charge in [0.25, 0.3) is 0 Å². The van der Waals surface area contributed by atoms with Gasteiger partial charge in [-0.1, -0.05) is 38.0 Å². The molecule has 2 aromatic rings. The second-order valence-corrected chi connectivity index (χ2v) is 9.31. The van der Waals surface area contributed by atoms with Crippen molar-refractivity contribution >= 4 is 22.6 Å². The van der Waals surface area contributed by atoms with E-state index in [1.807, 2.05) is 0 Å². The van der Waals surface area contributed by atoms with E-state index in [9.17, 15) is 4.79 Å². The van der Waals surface area contributed by atoms with Crippen molar-refractivity contribution in [3.8, 4) is 0 Å². The quantitative estimate of drug-likeness (QED) is 0.458. The van der Waals surface area contributed by atoms with E-state index in [1.54, 1.807) is 0 Å². The van der Waals surface area contributed by atoms with Gasteiger partial charge in [-0.15, -0.1) is 10.2 Å². The number of ether oxygens (including phenoxy) is 1. The van der Waals surface area contributed by atoms with Gasteiger partial charge in [0.2, 0.25) is 5.71 Å². The molecule has 4 rings (SSSR count). The van der Waals surface area contributed by atoms with E-state index in [1.165, 1.54) is 60.7 Å². The summed E-state index contributed by atoms with van der Waals surface area (Å²) in [6.07, 6.45) is 8.42. The molecule has 3 heterocycles. The molecule has 1 N–H and O–H groups in total. The van der Waals surface area contributed by atoms with Gasteiger partial charge in [-0.05, 0) is 30.9 Å². The van der Waals surface area contributed by atoms with Gasteiger partial charge in [-0.25, -0.2) is 23.2 Å². The molecule has 2 aliphatic heterocycles. The summed E-state index contributed by atoms with van der Waals surface area (Å²) in [7, 11) is -3.45. The monoisotopic (exact) mass is 466 g/mol. The highest BCUT2D eigenvalue weighted by molar-refractivity contribution is 6.06. The number of H-pyrrole nitrogens is 1. The number of aromatic nitrogens is 1. The Morgan fingerprint density at radius 2 is 1.91 bits per heavy atom. The maximum atomic E-state index is 12.0. The van der Waals surface area contributed by atoms with Crippen LogP contribution in [0.1, 0.15) is 63.1 Å². The van der Waals surface area contributed by atoms with Crippen LogP contribution in [0.3, 0.4) is 0 Å². The fourth-order valence-electron chi connectivity index (χ4n) is 5.30. The van der Waals surface area contributed by atoms with Gasteiger partial charge in [-0.3, -0.25) is 4.79 Å². The highest BCUT2D eigenvalue weighted by atomic mass is 35.7. The highest BCUT2D eigenvalue weighted by Crippen LogP contribution is 2.44. The number of nitrogens with one attached hydrogen (secondary N) is 1. The zero-order chi connectivity index (χ0) is 23.4. The maximum Gasteiger partial charge on any atom is 0.305 e. The Kier molecular flexibility index (Phi) is 7.95. The van der Waals surface area contributed by atoms with Gasteiger partial charge in [0, 0.05) is 30.2 Å². The number of carbonyl (C=O) groups is 1. The van der Waals surface area contributed by atoms with Gasteiger partial charge in [0.05, 0.1) is 12.5 Å². The van der Waals surface area contributed by atoms with Crippen molar-refractivity contribution in [1.29, 1.82) is 0 Å². The molecule has 0 fully saturated rings. The number of rotatable bonds is 6. The van der Waals surface area contributed by atoms with E-state index in [2.05, 4.69) is 40.7 Å². The van der Waals surface area contributed by atoms with E-state index in [-0.39, 0.29) is 11.4 Å².